The number of hydrogen-bond donors (Lipinski definition) is 5. The highest BCUT2D eigenvalue weighted by Crippen LogP contribution is 2.42. The van der Waals surface area contributed by atoms with Gasteiger partial charge >= 0.3 is 6.18 Å². The van der Waals surface area contributed by atoms with Crippen molar-refractivity contribution in [3.63, 3.8) is 0 Å². The minimum absolute atomic E-state index is 0.0152. The first kappa shape index (κ1) is 52.9. The van der Waals surface area contributed by atoms with E-state index in [-0.39, 0.29) is 50.0 Å². The van der Waals surface area contributed by atoms with Crippen molar-refractivity contribution in [3.8, 4) is 16.2 Å². The number of thiazole rings is 1. The van der Waals surface area contributed by atoms with E-state index in [4.69, 9.17) is 4.74 Å². The maximum absolute atomic E-state index is 15.2. The maximum Gasteiger partial charge on any atom is 0.421 e. The molecular weight excluding hydrogens is 989 g/mol. The van der Waals surface area contributed by atoms with Crippen LogP contribution in [0.3, 0.4) is 0 Å². The molecule has 388 valence electrons. The number of nitrogens with one attached hydrogen (secondary N) is 4. The Morgan fingerprint density at radius 2 is 1.64 bits per heavy atom. The zero-order valence-electron chi connectivity index (χ0n) is 41.0. The lowest BCUT2D eigenvalue weighted by molar-refractivity contribution is -0.143. The summed E-state index contributed by atoms with van der Waals surface area (Å²) in [7, 11) is 2.75. The molecule has 0 spiro atoms. The number of hydrogen-bond acceptors (Lipinski definition) is 14. The zero-order valence-corrected chi connectivity index (χ0v) is 42.6. The van der Waals surface area contributed by atoms with E-state index in [1.165, 1.54) is 30.8 Å². The molecule has 2 saturated heterocycles. The fourth-order valence-corrected chi connectivity index (χ4v) is 10.7. The minimum Gasteiger partial charge on any atom is -0.495 e. The fourth-order valence-electron chi connectivity index (χ4n) is 8.79. The highest BCUT2D eigenvalue weighted by molar-refractivity contribution is 7.99. The first-order valence-electron chi connectivity index (χ1n) is 23.8. The summed E-state index contributed by atoms with van der Waals surface area (Å²) in [5.74, 6) is -1.83. The first-order valence-corrected chi connectivity index (χ1v) is 25.7. The van der Waals surface area contributed by atoms with Crippen LogP contribution < -0.4 is 26.0 Å². The highest BCUT2D eigenvalue weighted by atomic mass is 32.2. The number of carbonyl (C=O) groups is 4. The number of nitrogens with zero attached hydrogens (tertiary/aromatic N) is 6. The molecule has 1 unspecified atom stereocenters. The third kappa shape index (κ3) is 12.5. The lowest BCUT2D eigenvalue weighted by Crippen LogP contribution is -2.61. The van der Waals surface area contributed by atoms with Crippen molar-refractivity contribution >= 4 is 64.2 Å². The second-order valence-electron chi connectivity index (χ2n) is 19.0. The van der Waals surface area contributed by atoms with Gasteiger partial charge in [-0.25, -0.2) is 14.4 Å². The Hall–Kier alpha value is -6.36. The van der Waals surface area contributed by atoms with E-state index < -0.39 is 63.9 Å². The third-order valence-electron chi connectivity index (χ3n) is 13.3. The van der Waals surface area contributed by atoms with E-state index in [1.54, 1.807) is 53.8 Å². The number of amides is 4. The summed E-state index contributed by atoms with van der Waals surface area (Å²) in [6.07, 6.45) is -4.78. The second kappa shape index (κ2) is 22.0. The molecule has 3 aliphatic rings. The number of β-amino-alcohol motifs (C(OH)–C–C–N with tert-alkyl or cyclic N) is 1. The Morgan fingerprint density at radius 1 is 0.959 bits per heavy atom. The van der Waals surface area contributed by atoms with Crippen LogP contribution in [0, 0.1) is 6.92 Å². The number of likely N-dealkylation sites (tertiary alicyclic amines) is 1. The number of aromatic nitrogens is 3. The van der Waals surface area contributed by atoms with Gasteiger partial charge in [0, 0.05) is 81.5 Å². The van der Waals surface area contributed by atoms with Gasteiger partial charge in [-0.1, -0.05) is 48.5 Å². The fraction of sp³-hybridized carbons (Fsp3) is 0.431. The maximum atomic E-state index is 15.2. The lowest BCUT2D eigenvalue weighted by Gasteiger charge is -2.37. The second-order valence-corrected chi connectivity index (χ2v) is 21.5. The summed E-state index contributed by atoms with van der Waals surface area (Å²) in [6.45, 7) is 8.47. The molecule has 3 aromatic carbocycles. The molecule has 1 saturated carbocycles. The van der Waals surface area contributed by atoms with E-state index >= 15 is 4.39 Å². The number of thioether (sulfide) groups is 1. The number of alkyl halides is 4. The Morgan fingerprint density at radius 3 is 2.27 bits per heavy atom. The summed E-state index contributed by atoms with van der Waals surface area (Å²) in [5.41, 5.74) is 4.28. The van der Waals surface area contributed by atoms with Gasteiger partial charge in [-0.15, -0.1) is 23.1 Å². The number of piperazine rings is 1. The highest BCUT2D eigenvalue weighted by Gasteiger charge is 2.54. The summed E-state index contributed by atoms with van der Waals surface area (Å²) in [6, 6.07) is 18.3. The average Bonchev–Trinajstić information content (AvgIpc) is 3.79. The number of aryl methyl sites for hydroxylation is 1. The van der Waals surface area contributed by atoms with Gasteiger partial charge in [-0.2, -0.15) is 18.2 Å². The van der Waals surface area contributed by atoms with E-state index in [0.717, 1.165) is 32.8 Å². The summed E-state index contributed by atoms with van der Waals surface area (Å²) in [5, 5.41) is 21.7. The van der Waals surface area contributed by atoms with Crippen LogP contribution in [-0.2, 0) is 39.4 Å². The zero-order chi connectivity index (χ0) is 52.2. The molecule has 8 rings (SSSR count). The minimum atomic E-state index is -4.64. The Balaban J connectivity index is 0.841. The Bertz CT molecular complexity index is 2800. The molecule has 3 fully saturated rings. The van der Waals surface area contributed by atoms with Crippen molar-refractivity contribution in [1.82, 2.24) is 40.3 Å². The number of aliphatic hydroxyl groups excluding tert-OH is 1. The van der Waals surface area contributed by atoms with Crippen molar-refractivity contribution in [2.24, 2.45) is 0 Å². The molecule has 16 nitrogen and oxygen atoms in total. The van der Waals surface area contributed by atoms with Crippen LogP contribution >= 0.6 is 23.1 Å². The molecule has 22 heteroatoms. The summed E-state index contributed by atoms with van der Waals surface area (Å²) >= 11 is 2.96. The van der Waals surface area contributed by atoms with E-state index in [9.17, 15) is 37.5 Å². The van der Waals surface area contributed by atoms with Crippen LogP contribution in [0.2, 0.25) is 0 Å². The average molecular weight is 1050 g/mol. The predicted octanol–water partition coefficient (Wildman–Crippen LogP) is 6.96. The number of ether oxygens (including phenoxy) is 1. The van der Waals surface area contributed by atoms with Crippen LogP contribution in [0.15, 0.2) is 78.4 Å². The summed E-state index contributed by atoms with van der Waals surface area (Å²) in [4.78, 5) is 73.5. The van der Waals surface area contributed by atoms with Crippen molar-refractivity contribution < 1.29 is 46.6 Å². The van der Waals surface area contributed by atoms with Crippen LogP contribution in [-0.4, -0.2) is 134 Å². The molecular formula is C51H58F4N10O6S2. The van der Waals surface area contributed by atoms with Crippen molar-refractivity contribution in [2.45, 2.75) is 93.7 Å². The van der Waals surface area contributed by atoms with E-state index in [0.29, 0.717) is 55.9 Å². The molecule has 4 heterocycles. The number of anilines is 3. The largest absolute Gasteiger partial charge is 0.495 e. The predicted molar refractivity (Wildman–Crippen MR) is 271 cm³/mol. The van der Waals surface area contributed by atoms with E-state index in [2.05, 4.69) is 41.1 Å². The van der Waals surface area contributed by atoms with Crippen molar-refractivity contribution in [1.29, 1.82) is 0 Å². The molecule has 1 aliphatic carbocycles. The van der Waals surface area contributed by atoms with Gasteiger partial charge in [-0.3, -0.25) is 24.1 Å². The van der Waals surface area contributed by atoms with Gasteiger partial charge in [0.15, 0.2) is 5.67 Å². The van der Waals surface area contributed by atoms with Crippen molar-refractivity contribution in [2.75, 3.05) is 57.5 Å². The smallest absolute Gasteiger partial charge is 0.421 e. The van der Waals surface area contributed by atoms with Crippen molar-refractivity contribution in [3.05, 3.63) is 112 Å². The third-order valence-corrected chi connectivity index (χ3v) is 15.8. The van der Waals surface area contributed by atoms with Crippen LogP contribution in [0.25, 0.3) is 10.4 Å². The van der Waals surface area contributed by atoms with Gasteiger partial charge in [0.05, 0.1) is 35.0 Å². The van der Waals surface area contributed by atoms with Gasteiger partial charge in [0.25, 0.3) is 11.8 Å². The number of aliphatic hydroxyl groups is 1. The van der Waals surface area contributed by atoms with Gasteiger partial charge in [0.2, 0.25) is 17.8 Å². The molecule has 0 bridgehead atoms. The Kier molecular flexibility index (Phi) is 16.0. The first-order chi connectivity index (χ1) is 34.7. The molecule has 3 atom stereocenters. The molecule has 5 aromatic rings. The molecule has 73 heavy (non-hydrogen) atoms. The van der Waals surface area contributed by atoms with Gasteiger partial charge in [0.1, 0.15) is 29.2 Å². The molecule has 2 aromatic heterocycles. The monoisotopic (exact) mass is 1050 g/mol. The van der Waals surface area contributed by atoms with Gasteiger partial charge in [-0.05, 0) is 74.1 Å². The van der Waals surface area contributed by atoms with Crippen LogP contribution in [0.4, 0.5) is 35.0 Å². The quantitative estimate of drug-likeness (QED) is 0.0567. The standard InChI is InChI=1S/C51H58F4N10O6S2/c1-30-41(72-29-59-30)34-12-10-31(11-13-34)24-57-44(67)39-23-36(66)27-65(39)46(69)42(61-47(70)50(52)16-17-50)49(2,3)73-28-33-8-6-32(7-9-33)26-63-18-20-64(21-19-63)45(68)35-14-15-38(40(22-35)71-5)60-48-58-25-37(51(53,54)55)43(56-4)62-48/h6-15,22,25,29,36,39,42,66H,16-21,23-24,26-28H2,1-5H3,(H,57,67)(H,61,70)(H2,56,58,60,62)/t36-,39-,42?/m1/s1. The SMILES string of the molecule is CNc1nc(Nc2ccc(C(=O)N3CCN(Cc4ccc(CSC(C)(C)C(NC(=O)C5(F)CC5)C(=O)N5C[C@H](O)C[C@@H]5C(=O)NCc5ccc(-c6scnc6C)cc5)cc4)CC3)cc2OC)ncc1C(F)(F)F. The number of rotatable bonds is 18. The van der Waals surface area contributed by atoms with E-state index in [1.807, 2.05) is 55.5 Å². The lowest BCUT2D eigenvalue weighted by atomic mass is 10.00. The molecule has 5 N–H and O–H groups in total. The Labute approximate surface area is 428 Å². The number of halogens is 4. The molecule has 0 radical (unpaired) electrons. The van der Waals surface area contributed by atoms with Crippen LogP contribution in [0.1, 0.15) is 71.4 Å². The number of methoxy groups -OCH3 is 1. The van der Waals surface area contributed by atoms with Crippen LogP contribution in [0.5, 0.6) is 5.75 Å². The number of carbonyl (C=O) groups excluding carboxylic acids is 4. The molecule has 4 amide bonds. The summed E-state index contributed by atoms with van der Waals surface area (Å²) < 4.78 is 59.7. The normalized spacial score (nSPS) is 18.2. The van der Waals surface area contributed by atoms with Gasteiger partial charge < -0.3 is 40.9 Å². The topological polar surface area (TPSA) is 194 Å². The number of benzene rings is 3. The molecule has 2 aliphatic heterocycles.